The fourth-order valence-electron chi connectivity index (χ4n) is 3.44. The average Bonchev–Trinajstić information content (AvgIpc) is 3.18. The van der Waals surface area contributed by atoms with Gasteiger partial charge in [0.25, 0.3) is 0 Å². The van der Waals surface area contributed by atoms with Crippen molar-refractivity contribution in [2.24, 2.45) is 11.8 Å². The van der Waals surface area contributed by atoms with Gasteiger partial charge in [-0.15, -0.1) is 0 Å². The summed E-state index contributed by atoms with van der Waals surface area (Å²) in [4.78, 5) is 2.70. The van der Waals surface area contributed by atoms with Crippen LogP contribution in [0.25, 0.3) is 0 Å². The van der Waals surface area contributed by atoms with Gasteiger partial charge in [0, 0.05) is 37.3 Å². The summed E-state index contributed by atoms with van der Waals surface area (Å²) in [5, 5.41) is 3.80. The highest BCUT2D eigenvalue weighted by molar-refractivity contribution is 5.04. The summed E-state index contributed by atoms with van der Waals surface area (Å²) in [7, 11) is 0. The molecule has 3 unspecified atom stereocenters. The van der Waals surface area contributed by atoms with Crippen LogP contribution in [-0.4, -0.2) is 48.8 Å². The summed E-state index contributed by atoms with van der Waals surface area (Å²) in [5.74, 6) is 1.54. The molecule has 0 aromatic heterocycles. The van der Waals surface area contributed by atoms with Crippen LogP contribution in [0.1, 0.15) is 47.5 Å². The predicted octanol–water partition coefficient (Wildman–Crippen LogP) is 2.51. The summed E-state index contributed by atoms with van der Waals surface area (Å²) in [5.41, 5.74) is 0.325. The van der Waals surface area contributed by atoms with Crippen molar-refractivity contribution in [2.75, 3.05) is 26.3 Å². The van der Waals surface area contributed by atoms with Gasteiger partial charge in [0.1, 0.15) is 0 Å². The molecule has 0 aromatic rings. The molecule has 0 aromatic carbocycles. The molecule has 3 heteroatoms. The Hall–Kier alpha value is -0.120. The van der Waals surface area contributed by atoms with Gasteiger partial charge >= 0.3 is 0 Å². The van der Waals surface area contributed by atoms with Gasteiger partial charge in [-0.2, -0.15) is 0 Å². The van der Waals surface area contributed by atoms with Gasteiger partial charge in [-0.05, 0) is 45.4 Å². The summed E-state index contributed by atoms with van der Waals surface area (Å²) in [6, 6.07) is 1.16. The van der Waals surface area contributed by atoms with E-state index in [0.717, 1.165) is 25.7 Å². The SMILES string of the molecule is CCOCC(C(C)C)N1CC(C)(C2CC2)NCC1C. The fraction of sp³-hybridized carbons (Fsp3) is 1.00. The van der Waals surface area contributed by atoms with Crippen molar-refractivity contribution in [3.05, 3.63) is 0 Å². The molecule has 1 N–H and O–H groups in total. The molecule has 1 saturated carbocycles. The molecule has 0 spiro atoms. The van der Waals surface area contributed by atoms with Gasteiger partial charge in [0.15, 0.2) is 0 Å². The number of rotatable bonds is 6. The van der Waals surface area contributed by atoms with Gasteiger partial charge in [0.05, 0.1) is 6.61 Å². The van der Waals surface area contributed by atoms with Gasteiger partial charge < -0.3 is 10.1 Å². The maximum absolute atomic E-state index is 5.74. The minimum absolute atomic E-state index is 0.325. The van der Waals surface area contributed by atoms with Crippen molar-refractivity contribution in [2.45, 2.75) is 65.1 Å². The van der Waals surface area contributed by atoms with E-state index < -0.39 is 0 Å². The molecular formula is C16H32N2O. The minimum Gasteiger partial charge on any atom is -0.380 e. The first-order chi connectivity index (χ1) is 8.98. The normalized spacial score (nSPS) is 34.7. The zero-order valence-corrected chi connectivity index (χ0v) is 13.4. The Morgan fingerprint density at radius 2 is 2.05 bits per heavy atom. The molecule has 2 rings (SSSR count). The highest BCUT2D eigenvalue weighted by Crippen LogP contribution is 2.41. The monoisotopic (exact) mass is 268 g/mol. The summed E-state index contributed by atoms with van der Waals surface area (Å²) in [6.45, 7) is 15.5. The third kappa shape index (κ3) is 3.50. The number of ether oxygens (including phenoxy) is 1. The lowest BCUT2D eigenvalue weighted by atomic mass is 9.88. The average molecular weight is 268 g/mol. The second-order valence-electron chi connectivity index (χ2n) is 7.06. The molecule has 1 saturated heterocycles. The maximum atomic E-state index is 5.74. The van der Waals surface area contributed by atoms with Crippen LogP contribution in [0.15, 0.2) is 0 Å². The first-order valence-corrected chi connectivity index (χ1v) is 8.06. The number of nitrogens with zero attached hydrogens (tertiary/aromatic N) is 1. The van der Waals surface area contributed by atoms with Crippen molar-refractivity contribution < 1.29 is 4.74 Å². The van der Waals surface area contributed by atoms with Crippen molar-refractivity contribution in [1.82, 2.24) is 10.2 Å². The van der Waals surface area contributed by atoms with Crippen molar-refractivity contribution in [1.29, 1.82) is 0 Å². The quantitative estimate of drug-likeness (QED) is 0.801. The molecule has 3 atom stereocenters. The number of piperazine rings is 1. The van der Waals surface area contributed by atoms with E-state index in [9.17, 15) is 0 Å². The Morgan fingerprint density at radius 1 is 1.37 bits per heavy atom. The van der Waals surface area contributed by atoms with Crippen LogP contribution in [0.2, 0.25) is 0 Å². The van der Waals surface area contributed by atoms with Crippen LogP contribution in [0.4, 0.5) is 0 Å². The van der Waals surface area contributed by atoms with Gasteiger partial charge in [-0.25, -0.2) is 0 Å². The van der Waals surface area contributed by atoms with Crippen LogP contribution in [0.5, 0.6) is 0 Å². The molecule has 0 bridgehead atoms. The summed E-state index contributed by atoms with van der Waals surface area (Å²) < 4.78 is 5.74. The van der Waals surface area contributed by atoms with Crippen LogP contribution in [0, 0.1) is 11.8 Å². The number of hydrogen-bond donors (Lipinski definition) is 1. The van der Waals surface area contributed by atoms with E-state index >= 15 is 0 Å². The van der Waals surface area contributed by atoms with Crippen LogP contribution in [0.3, 0.4) is 0 Å². The van der Waals surface area contributed by atoms with Crippen LogP contribution >= 0.6 is 0 Å². The van der Waals surface area contributed by atoms with Gasteiger partial charge in [-0.3, -0.25) is 4.90 Å². The summed E-state index contributed by atoms with van der Waals surface area (Å²) in [6.07, 6.45) is 2.81. The lowest BCUT2D eigenvalue weighted by molar-refractivity contribution is -0.0144. The molecule has 0 radical (unpaired) electrons. The Bertz CT molecular complexity index is 290. The Balaban J connectivity index is 2.04. The van der Waals surface area contributed by atoms with E-state index in [4.69, 9.17) is 4.74 Å². The van der Waals surface area contributed by atoms with E-state index in [1.165, 1.54) is 19.4 Å². The third-order valence-corrected chi connectivity index (χ3v) is 5.05. The highest BCUT2D eigenvalue weighted by atomic mass is 16.5. The third-order valence-electron chi connectivity index (χ3n) is 5.05. The Morgan fingerprint density at radius 3 is 2.58 bits per heavy atom. The molecule has 0 amide bonds. The number of hydrogen-bond acceptors (Lipinski definition) is 3. The lowest BCUT2D eigenvalue weighted by Gasteiger charge is -2.49. The molecule has 1 heterocycles. The first-order valence-electron chi connectivity index (χ1n) is 8.06. The molecule has 3 nitrogen and oxygen atoms in total. The van der Waals surface area contributed by atoms with E-state index in [1.807, 2.05) is 0 Å². The topological polar surface area (TPSA) is 24.5 Å². The Kier molecular flexibility index (Phi) is 4.91. The molecule has 19 heavy (non-hydrogen) atoms. The predicted molar refractivity (Wildman–Crippen MR) is 80.4 cm³/mol. The van der Waals surface area contributed by atoms with Gasteiger partial charge in [0.2, 0.25) is 0 Å². The second-order valence-corrected chi connectivity index (χ2v) is 7.06. The van der Waals surface area contributed by atoms with Crippen molar-refractivity contribution >= 4 is 0 Å². The zero-order chi connectivity index (χ0) is 14.0. The summed E-state index contributed by atoms with van der Waals surface area (Å²) >= 11 is 0. The molecule has 1 aliphatic carbocycles. The van der Waals surface area contributed by atoms with E-state index in [0.29, 0.717) is 23.5 Å². The van der Waals surface area contributed by atoms with E-state index in [1.54, 1.807) is 0 Å². The molecule has 112 valence electrons. The smallest absolute Gasteiger partial charge is 0.0624 e. The molecule has 2 fully saturated rings. The van der Waals surface area contributed by atoms with Gasteiger partial charge in [-0.1, -0.05) is 13.8 Å². The van der Waals surface area contributed by atoms with E-state index in [2.05, 4.69) is 44.8 Å². The largest absolute Gasteiger partial charge is 0.380 e. The molecular weight excluding hydrogens is 236 g/mol. The highest BCUT2D eigenvalue weighted by Gasteiger charge is 2.46. The molecule has 2 aliphatic rings. The fourth-order valence-corrected chi connectivity index (χ4v) is 3.44. The van der Waals surface area contributed by atoms with Crippen molar-refractivity contribution in [3.8, 4) is 0 Å². The Labute approximate surface area is 119 Å². The standard InChI is InChI=1S/C16H32N2O/c1-6-19-10-15(12(2)3)18-11-16(5,14-7-8-14)17-9-13(18)4/h12-15,17H,6-11H2,1-5H3. The first kappa shape index (κ1) is 15.3. The van der Waals surface area contributed by atoms with E-state index in [-0.39, 0.29) is 0 Å². The van der Waals surface area contributed by atoms with Crippen molar-refractivity contribution in [3.63, 3.8) is 0 Å². The zero-order valence-electron chi connectivity index (χ0n) is 13.4. The second kappa shape index (κ2) is 6.11. The van der Waals surface area contributed by atoms with Crippen LogP contribution < -0.4 is 5.32 Å². The minimum atomic E-state index is 0.325. The van der Waals surface area contributed by atoms with Crippen LogP contribution in [-0.2, 0) is 4.74 Å². The number of nitrogens with one attached hydrogen (secondary N) is 1. The maximum Gasteiger partial charge on any atom is 0.0624 e. The molecule has 1 aliphatic heterocycles. The lowest BCUT2D eigenvalue weighted by Crippen LogP contribution is -2.66.